The Morgan fingerprint density at radius 1 is 1.30 bits per heavy atom. The molecule has 1 aromatic rings. The summed E-state index contributed by atoms with van der Waals surface area (Å²) in [6.07, 6.45) is 6.61. The molecular weight excluding hydrogens is 268 g/mol. The summed E-state index contributed by atoms with van der Waals surface area (Å²) in [7, 11) is 0. The Morgan fingerprint density at radius 2 is 1.95 bits per heavy atom. The second-order valence-electron chi connectivity index (χ2n) is 6.03. The Kier molecular flexibility index (Phi) is 5.22. The molecule has 0 aromatic carbocycles. The molecule has 1 saturated carbocycles. The van der Waals surface area contributed by atoms with Crippen molar-refractivity contribution in [1.29, 1.82) is 0 Å². The van der Waals surface area contributed by atoms with Crippen molar-refractivity contribution in [1.82, 2.24) is 5.32 Å². The van der Waals surface area contributed by atoms with Gasteiger partial charge < -0.3 is 11.1 Å². The lowest BCUT2D eigenvalue weighted by molar-refractivity contribution is -0.131. The maximum Gasteiger partial charge on any atom is 0.227 e. The van der Waals surface area contributed by atoms with E-state index in [2.05, 4.69) is 25.2 Å². The van der Waals surface area contributed by atoms with Crippen LogP contribution in [-0.4, -0.2) is 12.5 Å². The number of carbonyl (C=O) groups is 1. The van der Waals surface area contributed by atoms with Crippen molar-refractivity contribution in [2.24, 2.45) is 11.1 Å². The number of hydrogen-bond donors (Lipinski definition) is 2. The monoisotopic (exact) mass is 294 g/mol. The molecule has 0 radical (unpaired) electrons. The molecule has 3 nitrogen and oxygen atoms in total. The van der Waals surface area contributed by atoms with E-state index < -0.39 is 0 Å². The van der Waals surface area contributed by atoms with Gasteiger partial charge in [0.1, 0.15) is 0 Å². The highest BCUT2D eigenvalue weighted by molar-refractivity contribution is 7.12. The van der Waals surface area contributed by atoms with E-state index in [0.717, 1.165) is 25.7 Å². The Morgan fingerprint density at radius 3 is 2.45 bits per heavy atom. The first kappa shape index (κ1) is 15.5. The molecule has 1 aliphatic carbocycles. The minimum Gasteiger partial charge on any atom is -0.351 e. The molecule has 0 atom stereocenters. The van der Waals surface area contributed by atoms with Crippen molar-refractivity contribution in [3.63, 3.8) is 0 Å². The average Bonchev–Trinajstić information content (AvgIpc) is 2.67. The van der Waals surface area contributed by atoms with Crippen LogP contribution in [0.25, 0.3) is 0 Å². The highest BCUT2D eigenvalue weighted by atomic mass is 32.1. The molecule has 1 amide bonds. The Labute approximate surface area is 125 Å². The number of aryl methyl sites for hydroxylation is 2. The smallest absolute Gasteiger partial charge is 0.227 e. The first-order valence-electron chi connectivity index (χ1n) is 7.62. The van der Waals surface area contributed by atoms with E-state index >= 15 is 0 Å². The van der Waals surface area contributed by atoms with E-state index in [0.29, 0.717) is 13.1 Å². The predicted octanol–water partition coefficient (Wildman–Crippen LogP) is 3.28. The van der Waals surface area contributed by atoms with Gasteiger partial charge in [-0.1, -0.05) is 25.7 Å². The summed E-state index contributed by atoms with van der Waals surface area (Å²) in [5.41, 5.74) is 6.93. The van der Waals surface area contributed by atoms with Gasteiger partial charge in [-0.3, -0.25) is 4.79 Å². The van der Waals surface area contributed by atoms with Gasteiger partial charge in [0, 0.05) is 16.3 Å². The summed E-state index contributed by atoms with van der Waals surface area (Å²) in [4.78, 5) is 15.1. The first-order chi connectivity index (χ1) is 9.57. The molecule has 112 valence electrons. The molecule has 1 aromatic heterocycles. The third-order valence-electron chi connectivity index (χ3n) is 4.57. The van der Waals surface area contributed by atoms with Crippen LogP contribution in [0.2, 0.25) is 0 Å². The third-order valence-corrected chi connectivity index (χ3v) is 5.73. The summed E-state index contributed by atoms with van der Waals surface area (Å²) >= 11 is 1.77. The zero-order valence-electron chi connectivity index (χ0n) is 12.6. The standard InChI is InChI=1S/C16H26N2OS/c1-12-9-14(20-13(12)2)10-18-15(19)16(11-17)7-5-3-4-6-8-16/h9H,3-8,10-11,17H2,1-2H3,(H,18,19). The molecule has 2 rings (SSSR count). The minimum absolute atomic E-state index is 0.158. The minimum atomic E-state index is -0.322. The number of rotatable bonds is 4. The highest BCUT2D eigenvalue weighted by Crippen LogP contribution is 2.34. The lowest BCUT2D eigenvalue weighted by Gasteiger charge is -2.29. The second-order valence-corrected chi connectivity index (χ2v) is 7.37. The fourth-order valence-electron chi connectivity index (χ4n) is 3.02. The summed E-state index contributed by atoms with van der Waals surface area (Å²) in [6.45, 7) is 5.35. The molecule has 0 unspecified atom stereocenters. The highest BCUT2D eigenvalue weighted by Gasteiger charge is 2.36. The number of nitrogens with one attached hydrogen (secondary N) is 1. The molecule has 20 heavy (non-hydrogen) atoms. The van der Waals surface area contributed by atoms with E-state index in [4.69, 9.17) is 5.73 Å². The van der Waals surface area contributed by atoms with Crippen LogP contribution in [0.1, 0.15) is 53.8 Å². The Balaban J connectivity index is 1.98. The van der Waals surface area contributed by atoms with Crippen molar-refractivity contribution in [3.8, 4) is 0 Å². The average molecular weight is 294 g/mol. The van der Waals surface area contributed by atoms with Crippen LogP contribution in [0, 0.1) is 19.3 Å². The molecule has 0 bridgehead atoms. The van der Waals surface area contributed by atoms with Gasteiger partial charge in [0.05, 0.1) is 12.0 Å². The fourth-order valence-corrected chi connectivity index (χ4v) is 4.01. The molecular formula is C16H26N2OS. The molecule has 1 fully saturated rings. The third kappa shape index (κ3) is 3.41. The number of carbonyl (C=O) groups excluding carboxylic acids is 1. The molecule has 3 N–H and O–H groups in total. The maximum absolute atomic E-state index is 12.6. The van der Waals surface area contributed by atoms with E-state index in [1.807, 2.05) is 0 Å². The zero-order chi connectivity index (χ0) is 14.6. The van der Waals surface area contributed by atoms with Crippen LogP contribution in [0.15, 0.2) is 6.07 Å². The van der Waals surface area contributed by atoms with Crippen LogP contribution in [0.4, 0.5) is 0 Å². The van der Waals surface area contributed by atoms with Gasteiger partial charge in [0.25, 0.3) is 0 Å². The van der Waals surface area contributed by atoms with Crippen molar-refractivity contribution >= 4 is 17.2 Å². The SMILES string of the molecule is Cc1cc(CNC(=O)C2(CN)CCCCCC2)sc1C. The topological polar surface area (TPSA) is 55.1 Å². The second kappa shape index (κ2) is 6.72. The van der Waals surface area contributed by atoms with Crippen molar-refractivity contribution in [2.45, 2.75) is 58.9 Å². The molecule has 0 spiro atoms. The lowest BCUT2D eigenvalue weighted by atomic mass is 9.79. The quantitative estimate of drug-likeness (QED) is 0.837. The van der Waals surface area contributed by atoms with E-state index in [1.165, 1.54) is 28.2 Å². The molecule has 0 aliphatic heterocycles. The van der Waals surface area contributed by atoms with Crippen LogP contribution in [0.3, 0.4) is 0 Å². The number of thiophene rings is 1. The normalized spacial score (nSPS) is 18.6. The lowest BCUT2D eigenvalue weighted by Crippen LogP contribution is -2.45. The zero-order valence-corrected chi connectivity index (χ0v) is 13.4. The van der Waals surface area contributed by atoms with Gasteiger partial charge in [-0.15, -0.1) is 11.3 Å². The van der Waals surface area contributed by atoms with Gasteiger partial charge >= 0.3 is 0 Å². The predicted molar refractivity (Wildman–Crippen MR) is 84.8 cm³/mol. The van der Waals surface area contributed by atoms with Gasteiger partial charge in [0.2, 0.25) is 5.91 Å². The van der Waals surface area contributed by atoms with Crippen LogP contribution in [-0.2, 0) is 11.3 Å². The van der Waals surface area contributed by atoms with E-state index in [9.17, 15) is 4.79 Å². The largest absolute Gasteiger partial charge is 0.351 e. The molecule has 1 heterocycles. The van der Waals surface area contributed by atoms with Crippen LogP contribution >= 0.6 is 11.3 Å². The van der Waals surface area contributed by atoms with Gasteiger partial charge in [-0.2, -0.15) is 0 Å². The van der Waals surface area contributed by atoms with Gasteiger partial charge in [0.15, 0.2) is 0 Å². The Bertz CT molecular complexity index is 440. The van der Waals surface area contributed by atoms with Crippen molar-refractivity contribution in [2.75, 3.05) is 6.54 Å². The van der Waals surface area contributed by atoms with Crippen LogP contribution < -0.4 is 11.1 Å². The number of nitrogens with two attached hydrogens (primary N) is 1. The number of hydrogen-bond acceptors (Lipinski definition) is 3. The summed E-state index contributed by atoms with van der Waals surface area (Å²) in [6, 6.07) is 2.17. The van der Waals surface area contributed by atoms with Crippen LogP contribution in [0.5, 0.6) is 0 Å². The van der Waals surface area contributed by atoms with Gasteiger partial charge in [-0.25, -0.2) is 0 Å². The molecule has 1 aliphatic rings. The fraction of sp³-hybridized carbons (Fsp3) is 0.688. The van der Waals surface area contributed by atoms with Gasteiger partial charge in [-0.05, 0) is 38.3 Å². The summed E-state index contributed by atoms with van der Waals surface area (Å²) in [5, 5.41) is 3.12. The van der Waals surface area contributed by atoms with E-state index in [-0.39, 0.29) is 11.3 Å². The van der Waals surface area contributed by atoms with E-state index in [1.54, 1.807) is 11.3 Å². The summed E-state index contributed by atoms with van der Waals surface area (Å²) < 4.78 is 0. The van der Waals surface area contributed by atoms with Crippen molar-refractivity contribution < 1.29 is 4.79 Å². The summed E-state index contributed by atoms with van der Waals surface area (Å²) in [5.74, 6) is 0.158. The first-order valence-corrected chi connectivity index (χ1v) is 8.43. The number of amides is 1. The molecule has 0 saturated heterocycles. The van der Waals surface area contributed by atoms with Crippen molar-refractivity contribution in [3.05, 3.63) is 21.4 Å². The Hall–Kier alpha value is -0.870. The maximum atomic E-state index is 12.6. The molecule has 4 heteroatoms.